The van der Waals surface area contributed by atoms with E-state index in [2.05, 4.69) is 27.4 Å². The molecule has 0 fully saturated rings. The van der Waals surface area contributed by atoms with Crippen LogP contribution < -0.4 is 5.32 Å². The van der Waals surface area contributed by atoms with Gasteiger partial charge in [-0.1, -0.05) is 36.1 Å². The van der Waals surface area contributed by atoms with Crippen LogP contribution in [-0.2, 0) is 11.3 Å². The molecule has 0 bridgehead atoms. The van der Waals surface area contributed by atoms with E-state index >= 15 is 0 Å². The Balaban J connectivity index is 1.61. The second-order valence-electron chi connectivity index (χ2n) is 4.86. The fourth-order valence-corrected chi connectivity index (χ4v) is 2.99. The monoisotopic (exact) mass is 354 g/mol. The van der Waals surface area contributed by atoms with E-state index in [0.717, 1.165) is 10.4 Å². The van der Waals surface area contributed by atoms with Crippen LogP contribution in [-0.4, -0.2) is 27.2 Å². The largest absolute Gasteiger partial charge is 0.344 e. The Morgan fingerprint density at radius 2 is 2.12 bits per heavy atom. The minimum absolute atomic E-state index is 0.107. The summed E-state index contributed by atoms with van der Waals surface area (Å²) in [5, 5.41) is 11.7. The van der Waals surface area contributed by atoms with Gasteiger partial charge in [0.15, 0.2) is 10.6 Å². The lowest BCUT2D eigenvalue weighted by molar-refractivity contribution is -0.121. The van der Waals surface area contributed by atoms with Gasteiger partial charge in [0.2, 0.25) is 5.91 Å². The predicted molar refractivity (Wildman–Crippen MR) is 97.1 cm³/mol. The van der Waals surface area contributed by atoms with Crippen LogP contribution in [0, 0.1) is 16.6 Å². The third-order valence-corrected chi connectivity index (χ3v) is 4.36. The third kappa shape index (κ3) is 3.98. The molecule has 0 saturated carbocycles. The van der Waals surface area contributed by atoms with Crippen LogP contribution in [0.3, 0.4) is 0 Å². The first-order valence-electron chi connectivity index (χ1n) is 7.24. The summed E-state index contributed by atoms with van der Waals surface area (Å²) < 4.78 is 2.10. The first-order chi connectivity index (χ1) is 11.7. The highest BCUT2D eigenvalue weighted by molar-refractivity contribution is 7.71. The summed E-state index contributed by atoms with van der Waals surface area (Å²) in [7, 11) is 0. The van der Waals surface area contributed by atoms with Gasteiger partial charge in [-0.3, -0.25) is 14.5 Å². The minimum atomic E-state index is -0.160. The fraction of sp³-hybridized carbons (Fsp3) is 0.118. The van der Waals surface area contributed by atoms with Crippen LogP contribution in [0.1, 0.15) is 5.56 Å². The molecule has 0 radical (unpaired) electrons. The van der Waals surface area contributed by atoms with Crippen molar-refractivity contribution in [3.63, 3.8) is 0 Å². The zero-order valence-corrected chi connectivity index (χ0v) is 14.3. The molecule has 0 spiro atoms. The molecular formula is C17H14N4OS2. The molecular weight excluding hydrogens is 340 g/mol. The van der Waals surface area contributed by atoms with Crippen molar-refractivity contribution in [3.8, 4) is 22.5 Å². The summed E-state index contributed by atoms with van der Waals surface area (Å²) in [6.07, 6.45) is 0. The zero-order valence-electron chi connectivity index (χ0n) is 12.7. The van der Waals surface area contributed by atoms with Crippen LogP contribution in [0.2, 0.25) is 0 Å². The highest BCUT2D eigenvalue weighted by Gasteiger charge is 2.12. The Morgan fingerprint density at radius 3 is 2.88 bits per heavy atom. The maximum atomic E-state index is 12.1. The number of amides is 1. The predicted octanol–water partition coefficient (Wildman–Crippen LogP) is 2.84. The number of benzene rings is 1. The zero-order chi connectivity index (χ0) is 16.8. The number of H-pyrrole nitrogens is 1. The lowest BCUT2D eigenvalue weighted by Crippen LogP contribution is -2.28. The molecule has 5 nitrogen and oxygen atoms in total. The molecule has 0 aliphatic heterocycles. The molecule has 2 aromatic heterocycles. The first kappa shape index (κ1) is 16.2. The molecule has 0 atom stereocenters. The van der Waals surface area contributed by atoms with Crippen LogP contribution in [0.4, 0.5) is 0 Å². The van der Waals surface area contributed by atoms with E-state index in [-0.39, 0.29) is 19.0 Å². The van der Waals surface area contributed by atoms with Gasteiger partial charge in [0.05, 0.1) is 11.4 Å². The highest BCUT2D eigenvalue weighted by Crippen LogP contribution is 2.22. The van der Waals surface area contributed by atoms with Crippen molar-refractivity contribution in [2.75, 3.05) is 6.54 Å². The molecule has 0 unspecified atom stereocenters. The molecule has 24 heavy (non-hydrogen) atoms. The number of nitrogens with one attached hydrogen (secondary N) is 2. The number of hydrogen-bond acceptors (Lipinski definition) is 4. The lowest BCUT2D eigenvalue weighted by Gasteiger charge is -2.05. The molecule has 1 amide bonds. The van der Waals surface area contributed by atoms with Crippen molar-refractivity contribution in [2.24, 2.45) is 0 Å². The highest BCUT2D eigenvalue weighted by atomic mass is 32.1. The summed E-state index contributed by atoms with van der Waals surface area (Å²) in [4.78, 5) is 13.1. The average molecular weight is 354 g/mol. The third-order valence-electron chi connectivity index (χ3n) is 3.18. The second kappa shape index (κ2) is 7.73. The Hall–Kier alpha value is -2.69. The van der Waals surface area contributed by atoms with Crippen molar-refractivity contribution >= 4 is 29.5 Å². The second-order valence-corrected chi connectivity index (χ2v) is 6.19. The maximum Gasteiger partial charge on any atom is 0.240 e. The van der Waals surface area contributed by atoms with Gasteiger partial charge in [-0.15, -0.1) is 11.3 Å². The minimum Gasteiger partial charge on any atom is -0.344 e. The van der Waals surface area contributed by atoms with E-state index in [1.807, 2.05) is 47.8 Å². The topological polar surface area (TPSA) is 62.7 Å². The van der Waals surface area contributed by atoms with E-state index in [9.17, 15) is 4.79 Å². The number of carbonyl (C=O) groups excluding carboxylic acids is 1. The van der Waals surface area contributed by atoms with Gasteiger partial charge < -0.3 is 5.32 Å². The SMILES string of the molecule is O=C(Cn1c(-c2cccs2)n[nH]c1=S)NCC#Cc1ccccc1. The molecule has 1 aromatic carbocycles. The molecule has 3 aromatic rings. The van der Waals surface area contributed by atoms with Gasteiger partial charge in [0.1, 0.15) is 6.54 Å². The quantitative estimate of drug-likeness (QED) is 0.559. The van der Waals surface area contributed by atoms with Crippen molar-refractivity contribution in [1.29, 1.82) is 0 Å². The van der Waals surface area contributed by atoms with Crippen LogP contribution in [0.25, 0.3) is 10.7 Å². The molecule has 120 valence electrons. The van der Waals surface area contributed by atoms with Gasteiger partial charge in [0, 0.05) is 5.56 Å². The van der Waals surface area contributed by atoms with Crippen LogP contribution in [0.5, 0.6) is 0 Å². The Morgan fingerprint density at radius 1 is 1.29 bits per heavy atom. The van der Waals surface area contributed by atoms with Crippen LogP contribution >= 0.6 is 23.6 Å². The maximum absolute atomic E-state index is 12.1. The number of carbonyl (C=O) groups is 1. The Bertz CT molecular complexity index is 930. The van der Waals surface area contributed by atoms with Crippen molar-refractivity contribution < 1.29 is 4.79 Å². The number of thiophene rings is 1. The number of hydrogen-bond donors (Lipinski definition) is 2. The van der Waals surface area contributed by atoms with E-state index in [1.165, 1.54) is 0 Å². The van der Waals surface area contributed by atoms with Crippen molar-refractivity contribution in [2.45, 2.75) is 6.54 Å². The summed E-state index contributed by atoms with van der Waals surface area (Å²) in [5.41, 5.74) is 0.920. The van der Waals surface area contributed by atoms with Gasteiger partial charge >= 0.3 is 0 Å². The Labute approximate surface area is 148 Å². The number of aromatic nitrogens is 3. The smallest absolute Gasteiger partial charge is 0.240 e. The Kier molecular flexibility index (Phi) is 5.21. The number of aromatic amines is 1. The van der Waals surface area contributed by atoms with E-state index in [4.69, 9.17) is 12.2 Å². The van der Waals surface area contributed by atoms with Gasteiger partial charge in [0.25, 0.3) is 0 Å². The van der Waals surface area contributed by atoms with E-state index in [1.54, 1.807) is 15.9 Å². The van der Waals surface area contributed by atoms with Gasteiger partial charge in [-0.25, -0.2) is 0 Å². The molecule has 0 aliphatic carbocycles. The standard InChI is InChI=1S/C17H14N4OS2/c22-15(18-10-4-8-13-6-2-1-3-7-13)12-21-16(19-20-17(21)23)14-9-5-11-24-14/h1-3,5-7,9,11H,10,12H2,(H,18,22)(H,20,23). The summed E-state index contributed by atoms with van der Waals surface area (Å²) in [6, 6.07) is 13.5. The van der Waals surface area contributed by atoms with Gasteiger partial charge in [-0.05, 0) is 35.8 Å². The van der Waals surface area contributed by atoms with E-state index < -0.39 is 0 Å². The molecule has 2 heterocycles. The molecule has 0 saturated heterocycles. The van der Waals surface area contributed by atoms with Crippen LogP contribution in [0.15, 0.2) is 47.8 Å². The molecule has 0 aliphatic rings. The fourth-order valence-electron chi connectivity index (χ4n) is 2.07. The molecule has 3 rings (SSSR count). The molecule has 7 heteroatoms. The van der Waals surface area contributed by atoms with E-state index in [0.29, 0.717) is 10.6 Å². The number of rotatable bonds is 4. The van der Waals surface area contributed by atoms with Crippen molar-refractivity contribution in [3.05, 3.63) is 58.2 Å². The first-order valence-corrected chi connectivity index (χ1v) is 8.52. The van der Waals surface area contributed by atoms with Crippen molar-refractivity contribution in [1.82, 2.24) is 20.1 Å². The summed E-state index contributed by atoms with van der Waals surface area (Å²) in [5.74, 6) is 6.43. The average Bonchev–Trinajstić information content (AvgIpc) is 3.23. The number of nitrogens with zero attached hydrogens (tertiary/aromatic N) is 2. The lowest BCUT2D eigenvalue weighted by atomic mass is 10.2. The summed E-state index contributed by atoms with van der Waals surface area (Å²) in [6.45, 7) is 0.392. The molecule has 2 N–H and O–H groups in total. The summed E-state index contributed by atoms with van der Waals surface area (Å²) >= 11 is 6.75. The normalized spacial score (nSPS) is 10.0. The van der Waals surface area contributed by atoms with Gasteiger partial charge in [-0.2, -0.15) is 5.10 Å².